The minimum atomic E-state index is -2.92. The van der Waals surface area contributed by atoms with Gasteiger partial charge in [-0.3, -0.25) is 9.20 Å². The molecule has 0 radical (unpaired) electrons. The first-order chi connectivity index (χ1) is 11.5. The molecule has 1 fully saturated rings. The van der Waals surface area contributed by atoms with Gasteiger partial charge in [-0.2, -0.15) is 0 Å². The summed E-state index contributed by atoms with van der Waals surface area (Å²) in [7, 11) is -3.88. The van der Waals surface area contributed by atoms with Crippen LogP contribution in [0.3, 0.4) is 0 Å². The highest BCUT2D eigenvalue weighted by atomic mass is 32.2. The van der Waals surface area contributed by atoms with Gasteiger partial charge in [-0.15, -0.1) is 0 Å². The van der Waals surface area contributed by atoms with Crippen LogP contribution in [0.5, 0.6) is 0 Å². The third-order valence-corrected chi connectivity index (χ3v) is 6.74. The molecule has 2 N–H and O–H groups in total. The fraction of sp³-hybridized carbons (Fsp3) is 0.562. The van der Waals surface area contributed by atoms with Crippen molar-refractivity contribution in [1.82, 2.24) is 10.6 Å². The zero-order valence-electron chi connectivity index (χ0n) is 13.9. The average Bonchev–Trinajstić information content (AvgIpc) is 2.87. The van der Waals surface area contributed by atoms with E-state index in [1.807, 2.05) is 37.3 Å². The Bertz CT molecular complexity index is 675. The van der Waals surface area contributed by atoms with Crippen molar-refractivity contribution in [3.05, 3.63) is 35.9 Å². The molecule has 0 spiro atoms. The summed E-state index contributed by atoms with van der Waals surface area (Å²) in [6.45, 7) is 3.09. The Hall–Kier alpha value is -1.41. The molecule has 2 unspecified atom stereocenters. The summed E-state index contributed by atoms with van der Waals surface area (Å²) in [5, 5.41) is 6.26. The Morgan fingerprint density at radius 3 is 2.71 bits per heavy atom. The van der Waals surface area contributed by atoms with Crippen molar-refractivity contribution in [2.24, 2.45) is 4.99 Å². The number of nitrogens with one attached hydrogen (secondary N) is 2. The molecule has 0 bridgehead atoms. The van der Waals surface area contributed by atoms with Crippen LogP contribution in [0.1, 0.15) is 18.9 Å². The lowest BCUT2D eigenvalue weighted by Gasteiger charge is -2.15. The molecule has 1 aliphatic rings. The Morgan fingerprint density at radius 1 is 1.33 bits per heavy atom. The third-order valence-electron chi connectivity index (χ3n) is 3.68. The summed E-state index contributed by atoms with van der Waals surface area (Å²) in [5.74, 6) is 1.98. The van der Waals surface area contributed by atoms with E-state index < -0.39 is 20.6 Å². The maximum Gasteiger partial charge on any atom is 0.191 e. The highest BCUT2D eigenvalue weighted by molar-refractivity contribution is 7.91. The maximum absolute atomic E-state index is 12.1. The van der Waals surface area contributed by atoms with Gasteiger partial charge in [0.15, 0.2) is 15.8 Å². The Kier molecular flexibility index (Phi) is 7.23. The molecular weight excluding hydrogens is 346 g/mol. The van der Waals surface area contributed by atoms with Crippen LogP contribution in [0.4, 0.5) is 0 Å². The molecule has 134 valence electrons. The number of benzene rings is 1. The van der Waals surface area contributed by atoms with Crippen LogP contribution in [0, 0.1) is 0 Å². The first-order valence-corrected chi connectivity index (χ1v) is 11.4. The van der Waals surface area contributed by atoms with Crippen molar-refractivity contribution in [1.29, 1.82) is 0 Å². The van der Waals surface area contributed by atoms with Crippen LogP contribution in [-0.4, -0.2) is 55.0 Å². The first-order valence-electron chi connectivity index (χ1n) is 8.12. The molecular formula is C16H25N3O3S2. The molecule has 0 aromatic heterocycles. The largest absolute Gasteiger partial charge is 0.357 e. The molecule has 8 heteroatoms. The van der Waals surface area contributed by atoms with Crippen LogP contribution in [-0.2, 0) is 26.4 Å². The minimum Gasteiger partial charge on any atom is -0.357 e. The number of aliphatic imine (C=N–C) groups is 1. The zero-order valence-corrected chi connectivity index (χ0v) is 15.5. The van der Waals surface area contributed by atoms with Gasteiger partial charge in [0.1, 0.15) is 0 Å². The standard InChI is InChI=1S/C16H25N3O3S2/c1-2-17-16(19-15-8-11-24(21,22)13-15)18-9-10-23(20)12-14-6-4-3-5-7-14/h3-7,15H,2,8-13H2,1H3,(H2,17,18,19). The van der Waals surface area contributed by atoms with E-state index in [1.165, 1.54) is 0 Å². The molecule has 0 aliphatic carbocycles. The third kappa shape index (κ3) is 6.60. The van der Waals surface area contributed by atoms with Crippen LogP contribution in [0.2, 0.25) is 0 Å². The lowest BCUT2D eigenvalue weighted by Crippen LogP contribution is -2.44. The maximum atomic E-state index is 12.1. The summed E-state index contributed by atoms with van der Waals surface area (Å²) in [6, 6.07) is 9.65. The van der Waals surface area contributed by atoms with E-state index >= 15 is 0 Å². The molecule has 6 nitrogen and oxygen atoms in total. The quantitative estimate of drug-likeness (QED) is 0.544. The summed E-state index contributed by atoms with van der Waals surface area (Å²) >= 11 is 0. The lowest BCUT2D eigenvalue weighted by atomic mass is 10.2. The van der Waals surface area contributed by atoms with Gasteiger partial charge >= 0.3 is 0 Å². The molecule has 1 aromatic rings. The van der Waals surface area contributed by atoms with Gasteiger partial charge in [-0.1, -0.05) is 30.3 Å². The summed E-state index contributed by atoms with van der Waals surface area (Å²) in [5.41, 5.74) is 1.06. The number of sulfone groups is 1. The van der Waals surface area contributed by atoms with Gasteiger partial charge < -0.3 is 10.6 Å². The number of nitrogens with zero attached hydrogens (tertiary/aromatic N) is 1. The average molecular weight is 372 g/mol. The van der Waals surface area contributed by atoms with Gasteiger partial charge in [0.25, 0.3) is 0 Å². The highest BCUT2D eigenvalue weighted by Gasteiger charge is 2.28. The lowest BCUT2D eigenvalue weighted by molar-refractivity contribution is 0.599. The van der Waals surface area contributed by atoms with E-state index in [0.717, 1.165) is 5.56 Å². The fourth-order valence-electron chi connectivity index (χ4n) is 2.51. The van der Waals surface area contributed by atoms with Gasteiger partial charge in [-0.05, 0) is 18.9 Å². The van der Waals surface area contributed by atoms with Crippen molar-refractivity contribution in [3.8, 4) is 0 Å². The molecule has 1 saturated heterocycles. The molecule has 0 saturated carbocycles. The van der Waals surface area contributed by atoms with Crippen molar-refractivity contribution >= 4 is 26.6 Å². The predicted octanol–water partition coefficient (Wildman–Crippen LogP) is 0.678. The Morgan fingerprint density at radius 2 is 2.08 bits per heavy atom. The number of hydrogen-bond acceptors (Lipinski definition) is 4. The van der Waals surface area contributed by atoms with E-state index in [-0.39, 0.29) is 17.5 Å². The smallest absolute Gasteiger partial charge is 0.191 e. The second-order valence-electron chi connectivity index (χ2n) is 5.78. The van der Waals surface area contributed by atoms with Gasteiger partial charge in [0.05, 0.1) is 18.1 Å². The molecule has 2 atom stereocenters. The molecule has 1 heterocycles. The second kappa shape index (κ2) is 9.17. The molecule has 1 aromatic carbocycles. The predicted molar refractivity (Wildman–Crippen MR) is 99.3 cm³/mol. The normalized spacial score (nSPS) is 21.4. The van der Waals surface area contributed by atoms with E-state index in [0.29, 0.717) is 37.0 Å². The number of guanidine groups is 1. The van der Waals surface area contributed by atoms with Crippen LogP contribution < -0.4 is 10.6 Å². The van der Waals surface area contributed by atoms with Crippen molar-refractivity contribution in [2.45, 2.75) is 25.1 Å². The van der Waals surface area contributed by atoms with Crippen molar-refractivity contribution in [2.75, 3.05) is 30.3 Å². The molecule has 24 heavy (non-hydrogen) atoms. The Balaban J connectivity index is 1.81. The summed E-state index contributed by atoms with van der Waals surface area (Å²) in [4.78, 5) is 4.41. The Labute approximate surface area is 146 Å². The fourth-order valence-corrected chi connectivity index (χ4v) is 5.19. The molecule has 1 aliphatic heterocycles. The zero-order chi connectivity index (χ0) is 17.4. The van der Waals surface area contributed by atoms with Crippen LogP contribution >= 0.6 is 0 Å². The topological polar surface area (TPSA) is 87.6 Å². The van der Waals surface area contributed by atoms with Crippen LogP contribution in [0.25, 0.3) is 0 Å². The minimum absolute atomic E-state index is 0.0948. The summed E-state index contributed by atoms with van der Waals surface area (Å²) in [6.07, 6.45) is 0.604. The van der Waals surface area contributed by atoms with Gasteiger partial charge in [-0.25, -0.2) is 8.42 Å². The van der Waals surface area contributed by atoms with E-state index in [9.17, 15) is 12.6 Å². The van der Waals surface area contributed by atoms with Gasteiger partial charge in [0, 0.05) is 34.9 Å². The van der Waals surface area contributed by atoms with E-state index in [2.05, 4.69) is 15.6 Å². The number of rotatable bonds is 7. The van der Waals surface area contributed by atoms with Gasteiger partial charge in [0.2, 0.25) is 0 Å². The monoisotopic (exact) mass is 371 g/mol. The van der Waals surface area contributed by atoms with Crippen molar-refractivity contribution in [3.63, 3.8) is 0 Å². The van der Waals surface area contributed by atoms with E-state index in [1.54, 1.807) is 0 Å². The highest BCUT2D eigenvalue weighted by Crippen LogP contribution is 2.11. The summed E-state index contributed by atoms with van der Waals surface area (Å²) < 4.78 is 35.1. The number of hydrogen-bond donors (Lipinski definition) is 2. The second-order valence-corrected chi connectivity index (χ2v) is 9.58. The molecule has 0 amide bonds. The van der Waals surface area contributed by atoms with Crippen molar-refractivity contribution < 1.29 is 12.6 Å². The SMILES string of the molecule is CCNC(=NCCS(=O)Cc1ccccc1)NC1CCS(=O)(=O)C1. The molecule has 2 rings (SSSR count). The van der Waals surface area contributed by atoms with Crippen LogP contribution in [0.15, 0.2) is 35.3 Å². The van der Waals surface area contributed by atoms with E-state index in [4.69, 9.17) is 0 Å². The first kappa shape index (κ1) is 18.9.